The van der Waals surface area contributed by atoms with Crippen molar-refractivity contribution in [2.45, 2.75) is 32.1 Å². The predicted molar refractivity (Wildman–Crippen MR) is 64.2 cm³/mol. The zero-order valence-corrected chi connectivity index (χ0v) is 9.63. The lowest BCUT2D eigenvalue weighted by atomic mass is 9.88. The summed E-state index contributed by atoms with van der Waals surface area (Å²) in [6.07, 6.45) is 5.66. The van der Waals surface area contributed by atoms with Gasteiger partial charge in [-0.15, -0.1) is 0 Å². The van der Waals surface area contributed by atoms with Crippen LogP contribution in [0.5, 0.6) is 0 Å². The fourth-order valence-corrected chi connectivity index (χ4v) is 2.19. The molecule has 0 amide bonds. The van der Waals surface area contributed by atoms with Gasteiger partial charge in [0.2, 0.25) is 0 Å². The summed E-state index contributed by atoms with van der Waals surface area (Å²) in [5.41, 5.74) is 6.28. The minimum Gasteiger partial charge on any atom is -0.387 e. The van der Waals surface area contributed by atoms with Gasteiger partial charge in [0, 0.05) is 12.0 Å². The Morgan fingerprint density at radius 1 is 1.12 bits per heavy atom. The maximum atomic E-state index is 13.0. The molecule has 4 heteroatoms. The first kappa shape index (κ1) is 12.0. The molecular weight excluding hydrogens is 222 g/mol. The van der Waals surface area contributed by atoms with Gasteiger partial charge < -0.3 is 5.73 Å². The smallest absolute Gasteiger partial charge is 0.160 e. The fraction of sp³-hybridized carbons (Fsp3) is 0.462. The van der Waals surface area contributed by atoms with Crippen molar-refractivity contribution >= 4 is 11.5 Å². The van der Waals surface area contributed by atoms with Crippen LogP contribution >= 0.6 is 0 Å². The van der Waals surface area contributed by atoms with Gasteiger partial charge in [-0.25, -0.2) is 13.8 Å². The number of amidine groups is 1. The van der Waals surface area contributed by atoms with Crippen LogP contribution in [0.4, 0.5) is 14.5 Å². The SMILES string of the molecule is NC(=Nc1ccc(F)c(F)c1)C1CCCCC1. The highest BCUT2D eigenvalue weighted by molar-refractivity contribution is 5.85. The molecule has 1 fully saturated rings. The van der Waals surface area contributed by atoms with Crippen molar-refractivity contribution < 1.29 is 8.78 Å². The largest absolute Gasteiger partial charge is 0.387 e. The Morgan fingerprint density at radius 3 is 2.47 bits per heavy atom. The summed E-state index contributed by atoms with van der Waals surface area (Å²) >= 11 is 0. The van der Waals surface area contributed by atoms with Crippen LogP contribution in [-0.4, -0.2) is 5.84 Å². The molecule has 0 saturated heterocycles. The fourth-order valence-electron chi connectivity index (χ4n) is 2.19. The Hall–Kier alpha value is -1.45. The van der Waals surface area contributed by atoms with Crippen LogP contribution in [0.15, 0.2) is 23.2 Å². The molecular formula is C13H16F2N2. The van der Waals surface area contributed by atoms with Gasteiger partial charge in [0.25, 0.3) is 0 Å². The lowest BCUT2D eigenvalue weighted by Gasteiger charge is -2.20. The normalized spacial score (nSPS) is 18.4. The second-order valence-electron chi connectivity index (χ2n) is 4.47. The summed E-state index contributed by atoms with van der Waals surface area (Å²) in [6.45, 7) is 0. The molecule has 0 heterocycles. The van der Waals surface area contributed by atoms with E-state index in [0.717, 1.165) is 25.0 Å². The third-order valence-electron chi connectivity index (χ3n) is 3.18. The highest BCUT2D eigenvalue weighted by Crippen LogP contribution is 2.25. The van der Waals surface area contributed by atoms with E-state index >= 15 is 0 Å². The Balaban J connectivity index is 2.13. The van der Waals surface area contributed by atoms with Crippen LogP contribution in [0, 0.1) is 17.6 Å². The molecule has 92 valence electrons. The number of nitrogens with two attached hydrogens (primary N) is 1. The Kier molecular flexibility index (Phi) is 3.71. The van der Waals surface area contributed by atoms with Crippen molar-refractivity contribution in [3.8, 4) is 0 Å². The first-order chi connectivity index (χ1) is 8.16. The van der Waals surface area contributed by atoms with E-state index in [-0.39, 0.29) is 5.92 Å². The van der Waals surface area contributed by atoms with Crippen molar-refractivity contribution in [1.29, 1.82) is 0 Å². The molecule has 0 radical (unpaired) electrons. The van der Waals surface area contributed by atoms with Crippen molar-refractivity contribution in [3.05, 3.63) is 29.8 Å². The van der Waals surface area contributed by atoms with Gasteiger partial charge in [0.15, 0.2) is 11.6 Å². The van der Waals surface area contributed by atoms with E-state index in [9.17, 15) is 8.78 Å². The van der Waals surface area contributed by atoms with Gasteiger partial charge in [-0.2, -0.15) is 0 Å². The summed E-state index contributed by atoms with van der Waals surface area (Å²) in [5.74, 6) is -0.921. The first-order valence-corrected chi connectivity index (χ1v) is 5.96. The van der Waals surface area contributed by atoms with E-state index in [1.165, 1.54) is 25.3 Å². The Bertz CT molecular complexity index is 423. The van der Waals surface area contributed by atoms with E-state index in [1.54, 1.807) is 0 Å². The molecule has 0 atom stereocenters. The molecule has 0 aromatic heterocycles. The molecule has 1 aromatic rings. The molecule has 1 aromatic carbocycles. The lowest BCUT2D eigenvalue weighted by Crippen LogP contribution is -2.25. The molecule has 0 unspecified atom stereocenters. The van der Waals surface area contributed by atoms with Gasteiger partial charge in [-0.1, -0.05) is 19.3 Å². The highest BCUT2D eigenvalue weighted by atomic mass is 19.2. The molecule has 1 aliphatic carbocycles. The summed E-state index contributed by atoms with van der Waals surface area (Å²) in [6, 6.07) is 3.58. The number of rotatable bonds is 2. The molecule has 2 N–H and O–H groups in total. The van der Waals surface area contributed by atoms with Crippen LogP contribution in [0.2, 0.25) is 0 Å². The minimum absolute atomic E-state index is 0.289. The van der Waals surface area contributed by atoms with E-state index in [4.69, 9.17) is 5.73 Å². The second kappa shape index (κ2) is 5.25. The van der Waals surface area contributed by atoms with Crippen LogP contribution in [0.3, 0.4) is 0 Å². The molecule has 1 aliphatic rings. The number of aliphatic imine (C=N–C) groups is 1. The Morgan fingerprint density at radius 2 is 1.82 bits per heavy atom. The predicted octanol–water partition coefficient (Wildman–Crippen LogP) is 3.53. The van der Waals surface area contributed by atoms with E-state index in [0.29, 0.717) is 11.5 Å². The van der Waals surface area contributed by atoms with Crippen molar-refractivity contribution in [2.24, 2.45) is 16.6 Å². The van der Waals surface area contributed by atoms with Gasteiger partial charge in [-0.05, 0) is 25.0 Å². The summed E-state index contributed by atoms with van der Waals surface area (Å²) in [7, 11) is 0. The van der Waals surface area contributed by atoms with Crippen LogP contribution < -0.4 is 5.73 Å². The van der Waals surface area contributed by atoms with E-state index in [2.05, 4.69) is 4.99 Å². The maximum absolute atomic E-state index is 13.0. The summed E-state index contributed by atoms with van der Waals surface area (Å²) in [4.78, 5) is 4.17. The number of hydrogen-bond acceptors (Lipinski definition) is 1. The van der Waals surface area contributed by atoms with E-state index in [1.807, 2.05) is 0 Å². The molecule has 17 heavy (non-hydrogen) atoms. The van der Waals surface area contributed by atoms with Crippen LogP contribution in [0.25, 0.3) is 0 Å². The van der Waals surface area contributed by atoms with Crippen LogP contribution in [-0.2, 0) is 0 Å². The van der Waals surface area contributed by atoms with Gasteiger partial charge in [0.05, 0.1) is 5.69 Å². The third-order valence-corrected chi connectivity index (χ3v) is 3.18. The van der Waals surface area contributed by atoms with Crippen molar-refractivity contribution in [1.82, 2.24) is 0 Å². The number of nitrogens with zero attached hydrogens (tertiary/aromatic N) is 1. The zero-order valence-electron chi connectivity index (χ0n) is 9.63. The topological polar surface area (TPSA) is 38.4 Å². The van der Waals surface area contributed by atoms with Crippen molar-refractivity contribution in [3.63, 3.8) is 0 Å². The molecule has 0 spiro atoms. The number of halogens is 2. The summed E-state index contributed by atoms with van der Waals surface area (Å²) in [5, 5.41) is 0. The van der Waals surface area contributed by atoms with Crippen molar-refractivity contribution in [2.75, 3.05) is 0 Å². The maximum Gasteiger partial charge on any atom is 0.160 e. The van der Waals surface area contributed by atoms with Crippen LogP contribution in [0.1, 0.15) is 32.1 Å². The first-order valence-electron chi connectivity index (χ1n) is 5.96. The highest BCUT2D eigenvalue weighted by Gasteiger charge is 2.17. The molecule has 2 nitrogen and oxygen atoms in total. The minimum atomic E-state index is -0.886. The molecule has 0 bridgehead atoms. The average Bonchev–Trinajstić information content (AvgIpc) is 2.35. The molecule has 0 aliphatic heterocycles. The molecule has 2 rings (SSSR count). The molecule has 1 saturated carbocycles. The van der Waals surface area contributed by atoms with E-state index < -0.39 is 11.6 Å². The standard InChI is InChI=1S/C13H16F2N2/c14-11-7-6-10(8-12(11)15)17-13(16)9-4-2-1-3-5-9/h6-9H,1-5H2,(H2,16,17). The zero-order chi connectivity index (χ0) is 12.3. The second-order valence-corrected chi connectivity index (χ2v) is 4.47. The van der Waals surface area contributed by atoms with Gasteiger partial charge in [0.1, 0.15) is 5.84 Å². The Labute approximate surface area is 99.5 Å². The lowest BCUT2D eigenvalue weighted by molar-refractivity contribution is 0.437. The number of hydrogen-bond donors (Lipinski definition) is 1. The summed E-state index contributed by atoms with van der Waals surface area (Å²) < 4.78 is 25.7. The monoisotopic (exact) mass is 238 g/mol. The van der Waals surface area contributed by atoms with Gasteiger partial charge in [-0.3, -0.25) is 0 Å². The third kappa shape index (κ3) is 3.02. The average molecular weight is 238 g/mol. The van der Waals surface area contributed by atoms with Gasteiger partial charge >= 0.3 is 0 Å². The number of benzene rings is 1. The quantitative estimate of drug-likeness (QED) is 0.621.